The van der Waals surface area contributed by atoms with Gasteiger partial charge in [0.1, 0.15) is 5.37 Å². The van der Waals surface area contributed by atoms with Crippen LogP contribution in [-0.4, -0.2) is 40.5 Å². The Labute approximate surface area is 177 Å². The van der Waals surface area contributed by atoms with Crippen LogP contribution in [-0.2, 0) is 11.3 Å². The van der Waals surface area contributed by atoms with E-state index in [4.69, 9.17) is 0 Å². The number of rotatable bonds is 5. The van der Waals surface area contributed by atoms with Crippen molar-refractivity contribution in [3.63, 3.8) is 0 Å². The molecule has 2 fully saturated rings. The highest BCUT2D eigenvalue weighted by Gasteiger charge is 2.33. The van der Waals surface area contributed by atoms with E-state index in [0.29, 0.717) is 18.3 Å². The first kappa shape index (κ1) is 20.0. The summed E-state index contributed by atoms with van der Waals surface area (Å²) < 4.78 is 0. The zero-order valence-electron chi connectivity index (χ0n) is 16.9. The zero-order chi connectivity index (χ0) is 20.2. The van der Waals surface area contributed by atoms with Gasteiger partial charge < -0.3 is 9.80 Å². The number of carbonyl (C=O) groups is 2. The fourth-order valence-electron chi connectivity index (χ4n) is 4.31. The summed E-state index contributed by atoms with van der Waals surface area (Å²) in [6.45, 7) is 0.614. The number of amides is 2. The Bertz CT molecular complexity index is 847. The van der Waals surface area contributed by atoms with Crippen molar-refractivity contribution in [2.75, 3.05) is 12.8 Å². The standard InChI is InChI=1S/C24H28N2O2S/c1-25(21-10-6-3-7-11-21)23(28)19-12-14-20(15-13-19)24-26(22(27)17-29-24)16-18-8-4-2-5-9-18/h2,4-5,8-9,12-15,21,24H,3,6-7,10-11,16-17H2,1H3. The molecule has 0 aromatic heterocycles. The van der Waals surface area contributed by atoms with Crippen LogP contribution in [0.5, 0.6) is 0 Å². The van der Waals surface area contributed by atoms with Crippen molar-refractivity contribution in [3.8, 4) is 0 Å². The first-order valence-electron chi connectivity index (χ1n) is 10.5. The smallest absolute Gasteiger partial charge is 0.253 e. The number of hydrogen-bond acceptors (Lipinski definition) is 3. The summed E-state index contributed by atoms with van der Waals surface area (Å²) in [6.07, 6.45) is 5.92. The van der Waals surface area contributed by atoms with Crippen LogP contribution in [0.15, 0.2) is 54.6 Å². The molecule has 1 heterocycles. The van der Waals surface area contributed by atoms with Crippen molar-refractivity contribution in [1.82, 2.24) is 9.80 Å². The average molecular weight is 409 g/mol. The molecule has 0 N–H and O–H groups in total. The lowest BCUT2D eigenvalue weighted by Crippen LogP contribution is -2.38. The maximum atomic E-state index is 12.9. The Kier molecular flexibility index (Phi) is 6.24. The van der Waals surface area contributed by atoms with Gasteiger partial charge in [-0.15, -0.1) is 11.8 Å². The monoisotopic (exact) mass is 408 g/mol. The third-order valence-corrected chi connectivity index (χ3v) is 7.31. The average Bonchev–Trinajstić information content (AvgIpc) is 3.14. The molecule has 1 saturated heterocycles. The third-order valence-electron chi connectivity index (χ3n) is 6.05. The van der Waals surface area contributed by atoms with Gasteiger partial charge in [0.15, 0.2) is 0 Å². The molecule has 4 rings (SSSR count). The fourth-order valence-corrected chi connectivity index (χ4v) is 5.50. The van der Waals surface area contributed by atoms with Crippen LogP contribution in [0.4, 0.5) is 0 Å². The second-order valence-electron chi connectivity index (χ2n) is 8.00. The predicted octanol–water partition coefficient (Wildman–Crippen LogP) is 4.87. The Morgan fingerprint density at radius 2 is 1.72 bits per heavy atom. The Balaban J connectivity index is 1.46. The summed E-state index contributed by atoms with van der Waals surface area (Å²) in [5.74, 6) is 0.767. The lowest BCUT2D eigenvalue weighted by Gasteiger charge is -2.31. The summed E-state index contributed by atoms with van der Waals surface area (Å²) >= 11 is 1.66. The van der Waals surface area contributed by atoms with Gasteiger partial charge in [-0.25, -0.2) is 0 Å². The molecule has 2 aromatic carbocycles. The van der Waals surface area contributed by atoms with Gasteiger partial charge in [-0.05, 0) is 36.1 Å². The van der Waals surface area contributed by atoms with Gasteiger partial charge in [-0.2, -0.15) is 0 Å². The number of benzene rings is 2. The number of nitrogens with zero attached hydrogens (tertiary/aromatic N) is 2. The minimum atomic E-state index is 0.00272. The number of carbonyl (C=O) groups excluding carboxylic acids is 2. The van der Waals surface area contributed by atoms with Crippen molar-refractivity contribution >= 4 is 23.6 Å². The van der Waals surface area contributed by atoms with Crippen molar-refractivity contribution in [2.45, 2.75) is 50.1 Å². The molecule has 1 saturated carbocycles. The molecule has 2 aromatic rings. The topological polar surface area (TPSA) is 40.6 Å². The molecule has 152 valence electrons. The minimum absolute atomic E-state index is 0.00272. The summed E-state index contributed by atoms with van der Waals surface area (Å²) in [7, 11) is 1.93. The summed E-state index contributed by atoms with van der Waals surface area (Å²) in [5, 5.41) is 0.00272. The second-order valence-corrected chi connectivity index (χ2v) is 9.07. The molecule has 1 atom stereocenters. The van der Waals surface area contributed by atoms with Crippen molar-refractivity contribution in [2.24, 2.45) is 0 Å². The van der Waals surface area contributed by atoms with E-state index in [1.54, 1.807) is 11.8 Å². The molecular weight excluding hydrogens is 380 g/mol. The van der Waals surface area contributed by atoms with E-state index in [-0.39, 0.29) is 17.2 Å². The highest BCUT2D eigenvalue weighted by atomic mass is 32.2. The van der Waals surface area contributed by atoms with Gasteiger partial charge in [-0.3, -0.25) is 9.59 Å². The molecule has 2 aliphatic rings. The molecule has 1 aliphatic carbocycles. The molecule has 4 nitrogen and oxygen atoms in total. The molecule has 0 spiro atoms. The third kappa shape index (κ3) is 4.50. The quantitative estimate of drug-likeness (QED) is 0.709. The Morgan fingerprint density at radius 1 is 1.03 bits per heavy atom. The van der Waals surface area contributed by atoms with E-state index in [1.807, 2.05) is 59.3 Å². The van der Waals surface area contributed by atoms with Gasteiger partial charge in [0, 0.05) is 25.2 Å². The molecule has 0 radical (unpaired) electrons. The van der Waals surface area contributed by atoms with Gasteiger partial charge in [0.05, 0.1) is 5.75 Å². The van der Waals surface area contributed by atoms with Crippen LogP contribution < -0.4 is 0 Å². The number of thioether (sulfide) groups is 1. The van der Waals surface area contributed by atoms with Crippen LogP contribution in [0.1, 0.15) is 59.0 Å². The molecule has 29 heavy (non-hydrogen) atoms. The first-order valence-corrected chi connectivity index (χ1v) is 11.5. The maximum absolute atomic E-state index is 12.9. The molecule has 0 bridgehead atoms. The van der Waals surface area contributed by atoms with Crippen LogP contribution >= 0.6 is 11.8 Å². The first-order chi connectivity index (χ1) is 14.1. The van der Waals surface area contributed by atoms with E-state index < -0.39 is 0 Å². The summed E-state index contributed by atoms with van der Waals surface area (Å²) in [6, 6.07) is 18.3. The van der Waals surface area contributed by atoms with E-state index in [1.165, 1.54) is 19.3 Å². The van der Waals surface area contributed by atoms with Gasteiger partial charge >= 0.3 is 0 Å². The van der Waals surface area contributed by atoms with Crippen molar-refractivity contribution in [1.29, 1.82) is 0 Å². The minimum Gasteiger partial charge on any atom is -0.339 e. The maximum Gasteiger partial charge on any atom is 0.253 e. The summed E-state index contributed by atoms with van der Waals surface area (Å²) in [5.41, 5.74) is 2.94. The zero-order valence-corrected chi connectivity index (χ0v) is 17.7. The lowest BCUT2D eigenvalue weighted by molar-refractivity contribution is -0.128. The Morgan fingerprint density at radius 3 is 2.41 bits per heavy atom. The molecule has 1 unspecified atom stereocenters. The number of hydrogen-bond donors (Lipinski definition) is 0. The van der Waals surface area contributed by atoms with Crippen molar-refractivity contribution < 1.29 is 9.59 Å². The van der Waals surface area contributed by atoms with E-state index in [9.17, 15) is 9.59 Å². The van der Waals surface area contributed by atoms with Crippen molar-refractivity contribution in [3.05, 3.63) is 71.3 Å². The van der Waals surface area contributed by atoms with E-state index >= 15 is 0 Å². The van der Waals surface area contributed by atoms with Crippen LogP contribution in [0.25, 0.3) is 0 Å². The van der Waals surface area contributed by atoms with Gasteiger partial charge in [0.2, 0.25) is 5.91 Å². The van der Waals surface area contributed by atoms with Crippen LogP contribution in [0.2, 0.25) is 0 Å². The van der Waals surface area contributed by atoms with E-state index in [0.717, 1.165) is 29.5 Å². The molecule has 5 heteroatoms. The molecule has 2 amide bonds. The van der Waals surface area contributed by atoms with Gasteiger partial charge in [-0.1, -0.05) is 61.7 Å². The molecule has 1 aliphatic heterocycles. The van der Waals surface area contributed by atoms with E-state index in [2.05, 4.69) is 12.1 Å². The predicted molar refractivity (Wildman–Crippen MR) is 118 cm³/mol. The normalized spacial score (nSPS) is 20.1. The van der Waals surface area contributed by atoms with Crippen LogP contribution in [0.3, 0.4) is 0 Å². The molecular formula is C24H28N2O2S. The van der Waals surface area contributed by atoms with Crippen LogP contribution in [0, 0.1) is 0 Å². The SMILES string of the molecule is CN(C(=O)c1ccc(C2SCC(=O)N2Cc2ccccc2)cc1)C1CCCCC1. The lowest BCUT2D eigenvalue weighted by atomic mass is 9.94. The highest BCUT2D eigenvalue weighted by molar-refractivity contribution is 8.00. The van der Waals surface area contributed by atoms with Gasteiger partial charge in [0.25, 0.3) is 5.91 Å². The second kappa shape index (κ2) is 9.04. The highest BCUT2D eigenvalue weighted by Crippen LogP contribution is 2.39. The Hall–Kier alpha value is -2.27. The summed E-state index contributed by atoms with van der Waals surface area (Å²) in [4.78, 5) is 29.2. The fraction of sp³-hybridized carbons (Fsp3) is 0.417. The largest absolute Gasteiger partial charge is 0.339 e.